The van der Waals surface area contributed by atoms with Crippen molar-refractivity contribution in [2.24, 2.45) is 5.73 Å². The number of halogens is 1. The van der Waals surface area contributed by atoms with Gasteiger partial charge in [0.05, 0.1) is 5.01 Å². The minimum atomic E-state index is 0.397. The number of anilines is 1. The van der Waals surface area contributed by atoms with Crippen molar-refractivity contribution in [1.29, 1.82) is 0 Å². The molecule has 0 aliphatic carbocycles. The second kappa shape index (κ2) is 6.45. The summed E-state index contributed by atoms with van der Waals surface area (Å²) < 4.78 is 0.969. The van der Waals surface area contributed by atoms with Gasteiger partial charge in [-0.2, -0.15) is 0 Å². The van der Waals surface area contributed by atoms with Crippen molar-refractivity contribution in [2.45, 2.75) is 13.3 Å². The van der Waals surface area contributed by atoms with E-state index in [1.54, 1.807) is 11.3 Å². The summed E-state index contributed by atoms with van der Waals surface area (Å²) >= 11 is 10.2. The monoisotopic (exact) mass is 355 g/mol. The van der Waals surface area contributed by atoms with Crippen molar-refractivity contribution < 1.29 is 0 Å². The Morgan fingerprint density at radius 1 is 1.53 bits per heavy atom. The van der Waals surface area contributed by atoms with E-state index in [1.165, 1.54) is 0 Å². The molecule has 0 unspecified atom stereocenters. The van der Waals surface area contributed by atoms with Crippen LogP contribution in [0.25, 0.3) is 0 Å². The van der Waals surface area contributed by atoms with Crippen LogP contribution in [0.3, 0.4) is 0 Å². The van der Waals surface area contributed by atoms with Gasteiger partial charge < -0.3 is 11.1 Å². The minimum absolute atomic E-state index is 0.397. The molecule has 1 aromatic heterocycles. The molecule has 0 aliphatic heterocycles. The van der Waals surface area contributed by atoms with Gasteiger partial charge in [-0.15, -0.1) is 11.3 Å². The van der Waals surface area contributed by atoms with Crippen molar-refractivity contribution in [3.8, 4) is 0 Å². The summed E-state index contributed by atoms with van der Waals surface area (Å²) in [5.74, 6) is 0. The van der Waals surface area contributed by atoms with E-state index in [1.807, 2.05) is 25.1 Å². The second-order valence-electron chi connectivity index (χ2n) is 4.11. The SMILES string of the molecule is Cc1csc(CCNc2ccc(Br)cc2C(N)=S)n1. The first-order chi connectivity index (χ1) is 9.06. The van der Waals surface area contributed by atoms with Gasteiger partial charge in [-0.05, 0) is 25.1 Å². The standard InChI is InChI=1S/C13H14BrN3S2/c1-8-7-19-12(17-8)4-5-16-11-3-2-9(14)6-10(11)13(15)18/h2-3,6-7,16H,4-5H2,1H3,(H2,15,18). The Bertz CT molecular complexity index is 595. The average Bonchev–Trinajstić information content (AvgIpc) is 2.77. The molecular weight excluding hydrogens is 342 g/mol. The quantitative estimate of drug-likeness (QED) is 0.805. The van der Waals surface area contributed by atoms with Crippen LogP contribution in [0, 0.1) is 6.92 Å². The maximum absolute atomic E-state index is 5.73. The van der Waals surface area contributed by atoms with Gasteiger partial charge in [0.2, 0.25) is 0 Å². The highest BCUT2D eigenvalue weighted by Gasteiger charge is 2.06. The van der Waals surface area contributed by atoms with Crippen LogP contribution in [-0.2, 0) is 6.42 Å². The van der Waals surface area contributed by atoms with Crippen LogP contribution >= 0.6 is 39.5 Å². The number of aromatic nitrogens is 1. The van der Waals surface area contributed by atoms with Crippen molar-refractivity contribution in [2.75, 3.05) is 11.9 Å². The number of hydrogen-bond donors (Lipinski definition) is 2. The third-order valence-corrected chi connectivity index (χ3v) is 4.31. The maximum Gasteiger partial charge on any atom is 0.106 e. The Morgan fingerprint density at radius 2 is 2.32 bits per heavy atom. The smallest absolute Gasteiger partial charge is 0.106 e. The van der Waals surface area contributed by atoms with Gasteiger partial charge in [0.25, 0.3) is 0 Å². The fraction of sp³-hybridized carbons (Fsp3) is 0.231. The number of benzene rings is 1. The number of thiazole rings is 1. The molecule has 6 heteroatoms. The molecule has 0 aliphatic rings. The van der Waals surface area contributed by atoms with Gasteiger partial charge in [-0.25, -0.2) is 4.98 Å². The molecule has 0 radical (unpaired) electrons. The number of rotatable bonds is 5. The minimum Gasteiger partial charge on any atom is -0.389 e. The molecule has 0 saturated carbocycles. The molecule has 2 aromatic rings. The van der Waals surface area contributed by atoms with E-state index in [-0.39, 0.29) is 0 Å². The van der Waals surface area contributed by atoms with E-state index in [0.29, 0.717) is 4.99 Å². The highest BCUT2D eigenvalue weighted by atomic mass is 79.9. The first kappa shape index (κ1) is 14.4. The van der Waals surface area contributed by atoms with E-state index in [4.69, 9.17) is 18.0 Å². The summed E-state index contributed by atoms with van der Waals surface area (Å²) in [7, 11) is 0. The number of aryl methyl sites for hydroxylation is 1. The van der Waals surface area contributed by atoms with Crippen molar-refractivity contribution in [3.05, 3.63) is 44.3 Å². The Hall–Kier alpha value is -0.980. The molecular formula is C13H14BrN3S2. The predicted molar refractivity (Wildman–Crippen MR) is 89.1 cm³/mol. The first-order valence-electron chi connectivity index (χ1n) is 5.80. The third-order valence-electron chi connectivity index (χ3n) is 2.57. The van der Waals surface area contributed by atoms with Crippen molar-refractivity contribution in [3.63, 3.8) is 0 Å². The molecule has 1 heterocycles. The molecule has 0 fully saturated rings. The average molecular weight is 356 g/mol. The summed E-state index contributed by atoms with van der Waals surface area (Å²) in [6, 6.07) is 5.88. The van der Waals surface area contributed by atoms with Crippen LogP contribution in [-0.4, -0.2) is 16.5 Å². The highest BCUT2D eigenvalue weighted by molar-refractivity contribution is 9.10. The van der Waals surface area contributed by atoms with Crippen molar-refractivity contribution >= 4 is 50.2 Å². The van der Waals surface area contributed by atoms with E-state index >= 15 is 0 Å². The second-order valence-corrected chi connectivity index (χ2v) is 6.41. The van der Waals surface area contributed by atoms with Crippen LogP contribution in [0.4, 0.5) is 5.69 Å². The van der Waals surface area contributed by atoms with E-state index in [9.17, 15) is 0 Å². The lowest BCUT2D eigenvalue weighted by Crippen LogP contribution is -2.14. The predicted octanol–water partition coefficient (Wildman–Crippen LogP) is 3.50. The number of hydrogen-bond acceptors (Lipinski definition) is 4. The molecule has 0 amide bonds. The summed E-state index contributed by atoms with van der Waals surface area (Å²) in [5, 5.41) is 6.56. The van der Waals surface area contributed by atoms with E-state index in [0.717, 1.165) is 39.4 Å². The third kappa shape index (κ3) is 3.99. The van der Waals surface area contributed by atoms with Crippen LogP contribution in [0.1, 0.15) is 16.3 Å². The summed E-state index contributed by atoms with van der Waals surface area (Å²) in [6.45, 7) is 2.82. The first-order valence-corrected chi connectivity index (χ1v) is 7.88. The summed E-state index contributed by atoms with van der Waals surface area (Å²) in [5.41, 5.74) is 8.63. The number of nitrogens with zero attached hydrogens (tertiary/aromatic N) is 1. The lowest BCUT2D eigenvalue weighted by Gasteiger charge is -2.11. The molecule has 0 spiro atoms. The van der Waals surface area contributed by atoms with E-state index in [2.05, 4.69) is 31.6 Å². The Balaban J connectivity index is 2.01. The number of nitrogens with two attached hydrogens (primary N) is 1. The normalized spacial score (nSPS) is 10.4. The van der Waals surface area contributed by atoms with Crippen LogP contribution in [0.5, 0.6) is 0 Å². The van der Waals surface area contributed by atoms with Gasteiger partial charge in [0, 0.05) is 39.8 Å². The number of nitrogens with one attached hydrogen (secondary N) is 1. The molecule has 1 aromatic carbocycles. The zero-order valence-corrected chi connectivity index (χ0v) is 13.7. The number of thiocarbonyl (C=S) groups is 1. The summed E-state index contributed by atoms with van der Waals surface area (Å²) in [6.07, 6.45) is 0.894. The zero-order valence-electron chi connectivity index (χ0n) is 10.4. The summed E-state index contributed by atoms with van der Waals surface area (Å²) in [4.78, 5) is 4.83. The molecule has 19 heavy (non-hydrogen) atoms. The van der Waals surface area contributed by atoms with E-state index < -0.39 is 0 Å². The van der Waals surface area contributed by atoms with Gasteiger partial charge >= 0.3 is 0 Å². The zero-order chi connectivity index (χ0) is 13.8. The fourth-order valence-electron chi connectivity index (χ4n) is 1.70. The van der Waals surface area contributed by atoms with Crippen LogP contribution in [0.2, 0.25) is 0 Å². The lowest BCUT2D eigenvalue weighted by molar-refractivity contribution is 0.986. The Labute approximate surface area is 130 Å². The lowest BCUT2D eigenvalue weighted by atomic mass is 10.1. The largest absolute Gasteiger partial charge is 0.389 e. The van der Waals surface area contributed by atoms with Gasteiger partial charge in [-0.1, -0.05) is 28.1 Å². The van der Waals surface area contributed by atoms with Gasteiger partial charge in [0.15, 0.2) is 0 Å². The Kier molecular flexibility index (Phi) is 4.90. The van der Waals surface area contributed by atoms with Crippen molar-refractivity contribution in [1.82, 2.24) is 4.98 Å². The van der Waals surface area contributed by atoms with Gasteiger partial charge in [-0.3, -0.25) is 0 Å². The van der Waals surface area contributed by atoms with Crippen LogP contribution in [0.15, 0.2) is 28.1 Å². The molecule has 3 nitrogen and oxygen atoms in total. The molecule has 100 valence electrons. The molecule has 0 bridgehead atoms. The van der Waals surface area contributed by atoms with Crippen LogP contribution < -0.4 is 11.1 Å². The maximum atomic E-state index is 5.73. The Morgan fingerprint density at radius 3 is 2.95 bits per heavy atom. The topological polar surface area (TPSA) is 50.9 Å². The molecule has 3 N–H and O–H groups in total. The van der Waals surface area contributed by atoms with Gasteiger partial charge in [0.1, 0.15) is 4.99 Å². The fourth-order valence-corrected chi connectivity index (χ4v) is 3.00. The molecule has 0 saturated heterocycles. The molecule has 0 atom stereocenters. The highest BCUT2D eigenvalue weighted by Crippen LogP contribution is 2.21. The molecule has 2 rings (SSSR count).